The van der Waals surface area contributed by atoms with Gasteiger partial charge in [0.15, 0.2) is 0 Å². The van der Waals surface area contributed by atoms with Crippen molar-refractivity contribution in [3.8, 4) is 0 Å². The SMILES string of the molecule is CC(F)(F)C1(F)COC(F)(F)O1. The summed E-state index contributed by atoms with van der Waals surface area (Å²) in [5.41, 5.74) is 0. The van der Waals surface area contributed by atoms with Gasteiger partial charge in [-0.25, -0.2) is 17.9 Å². The first-order chi connectivity index (χ1) is 5.16. The fourth-order valence-corrected chi connectivity index (χ4v) is 0.640. The second-order valence-electron chi connectivity index (χ2n) is 2.47. The monoisotopic (exact) mass is 192 g/mol. The molecule has 0 aromatic carbocycles. The van der Waals surface area contributed by atoms with E-state index in [1.807, 2.05) is 0 Å². The van der Waals surface area contributed by atoms with Gasteiger partial charge in [0.25, 0.3) is 0 Å². The summed E-state index contributed by atoms with van der Waals surface area (Å²) >= 11 is 0. The van der Waals surface area contributed by atoms with Crippen LogP contribution in [0, 0.1) is 0 Å². The van der Waals surface area contributed by atoms with Gasteiger partial charge in [0.2, 0.25) is 0 Å². The van der Waals surface area contributed by atoms with Crippen LogP contribution in [0.25, 0.3) is 0 Å². The molecule has 1 aliphatic heterocycles. The van der Waals surface area contributed by atoms with Crippen molar-refractivity contribution in [2.24, 2.45) is 0 Å². The van der Waals surface area contributed by atoms with E-state index in [0.29, 0.717) is 0 Å². The topological polar surface area (TPSA) is 18.5 Å². The van der Waals surface area contributed by atoms with Crippen LogP contribution in [-0.2, 0) is 9.47 Å². The molecular formula is C5H5F5O2. The lowest BCUT2D eigenvalue weighted by molar-refractivity contribution is -0.388. The average molecular weight is 192 g/mol. The molecule has 0 aromatic rings. The van der Waals surface area contributed by atoms with Crippen LogP contribution in [0.1, 0.15) is 6.92 Å². The molecule has 0 bridgehead atoms. The zero-order chi connectivity index (χ0) is 9.62. The largest absolute Gasteiger partial charge is 0.488 e. The molecular weight excluding hydrogens is 187 g/mol. The van der Waals surface area contributed by atoms with Gasteiger partial charge >= 0.3 is 18.1 Å². The number of ether oxygens (including phenoxy) is 2. The predicted molar refractivity (Wildman–Crippen MR) is 26.4 cm³/mol. The highest BCUT2D eigenvalue weighted by molar-refractivity contribution is 4.85. The van der Waals surface area contributed by atoms with E-state index >= 15 is 0 Å². The Morgan fingerprint density at radius 3 is 1.92 bits per heavy atom. The third-order valence-corrected chi connectivity index (χ3v) is 1.36. The van der Waals surface area contributed by atoms with Crippen LogP contribution in [0.15, 0.2) is 0 Å². The standard InChI is InChI=1S/C5H5F5O2/c1-3(6,7)4(8)2-11-5(9,10)12-4/h2H2,1H3. The van der Waals surface area contributed by atoms with Gasteiger partial charge in [0.1, 0.15) is 6.61 Å². The highest BCUT2D eigenvalue weighted by atomic mass is 19.3. The van der Waals surface area contributed by atoms with Crippen LogP contribution in [0.4, 0.5) is 22.0 Å². The first kappa shape index (κ1) is 9.66. The van der Waals surface area contributed by atoms with E-state index in [-0.39, 0.29) is 6.92 Å². The number of rotatable bonds is 1. The predicted octanol–water partition coefficient (Wildman–Crippen LogP) is 1.90. The molecule has 1 atom stereocenters. The van der Waals surface area contributed by atoms with Crippen molar-refractivity contribution < 1.29 is 31.4 Å². The molecule has 2 nitrogen and oxygen atoms in total. The van der Waals surface area contributed by atoms with Crippen LogP contribution in [0.2, 0.25) is 0 Å². The number of alkyl halides is 5. The minimum absolute atomic E-state index is 0.137. The second-order valence-corrected chi connectivity index (χ2v) is 2.47. The summed E-state index contributed by atoms with van der Waals surface area (Å²) in [4.78, 5) is 0. The molecule has 0 spiro atoms. The van der Waals surface area contributed by atoms with E-state index in [4.69, 9.17) is 0 Å². The van der Waals surface area contributed by atoms with E-state index in [1.54, 1.807) is 0 Å². The summed E-state index contributed by atoms with van der Waals surface area (Å²) in [5, 5.41) is 0. The Balaban J connectivity index is 2.78. The van der Waals surface area contributed by atoms with E-state index in [1.165, 1.54) is 0 Å². The smallest absolute Gasteiger partial charge is 0.289 e. The van der Waals surface area contributed by atoms with Gasteiger partial charge in [-0.3, -0.25) is 4.74 Å². The summed E-state index contributed by atoms with van der Waals surface area (Å²) in [7, 11) is 0. The summed E-state index contributed by atoms with van der Waals surface area (Å²) in [6, 6.07) is 0. The molecule has 0 N–H and O–H groups in total. The van der Waals surface area contributed by atoms with Crippen molar-refractivity contribution in [3.05, 3.63) is 0 Å². The minimum atomic E-state index is -4.27. The maximum Gasteiger partial charge on any atom is 0.488 e. The molecule has 1 rings (SSSR count). The van der Waals surface area contributed by atoms with Gasteiger partial charge in [-0.1, -0.05) is 0 Å². The molecule has 12 heavy (non-hydrogen) atoms. The van der Waals surface area contributed by atoms with Crippen molar-refractivity contribution in [1.82, 2.24) is 0 Å². The highest BCUT2D eigenvalue weighted by Gasteiger charge is 2.64. The van der Waals surface area contributed by atoms with Crippen molar-refractivity contribution >= 4 is 0 Å². The molecule has 0 aromatic heterocycles. The Morgan fingerprint density at radius 2 is 1.75 bits per heavy atom. The van der Waals surface area contributed by atoms with Crippen LogP contribution < -0.4 is 0 Å². The van der Waals surface area contributed by atoms with E-state index in [0.717, 1.165) is 0 Å². The van der Waals surface area contributed by atoms with E-state index in [9.17, 15) is 22.0 Å². The van der Waals surface area contributed by atoms with Crippen LogP contribution in [-0.4, -0.2) is 24.7 Å². The molecule has 1 saturated heterocycles. The zero-order valence-corrected chi connectivity index (χ0v) is 5.91. The lowest BCUT2D eigenvalue weighted by Gasteiger charge is -2.23. The first-order valence-corrected chi connectivity index (χ1v) is 2.95. The van der Waals surface area contributed by atoms with Crippen molar-refractivity contribution in [2.45, 2.75) is 25.0 Å². The maximum absolute atomic E-state index is 12.7. The minimum Gasteiger partial charge on any atom is -0.289 e. The van der Waals surface area contributed by atoms with Crippen LogP contribution in [0.5, 0.6) is 0 Å². The summed E-state index contributed by atoms with van der Waals surface area (Å²) in [5.74, 6) is -7.76. The quantitative estimate of drug-likeness (QED) is 0.590. The molecule has 0 aliphatic carbocycles. The molecule has 7 heteroatoms. The number of hydrogen-bond acceptors (Lipinski definition) is 2. The molecule has 1 unspecified atom stereocenters. The lowest BCUT2D eigenvalue weighted by Crippen LogP contribution is -2.45. The second kappa shape index (κ2) is 2.29. The normalized spacial score (nSPS) is 35.5. The first-order valence-electron chi connectivity index (χ1n) is 2.95. The molecule has 1 fully saturated rings. The molecule has 72 valence electrons. The summed E-state index contributed by atoms with van der Waals surface area (Å²) in [6.45, 7) is -1.35. The zero-order valence-electron chi connectivity index (χ0n) is 5.91. The summed E-state index contributed by atoms with van der Waals surface area (Å²) in [6.07, 6.45) is -4.27. The van der Waals surface area contributed by atoms with Gasteiger partial charge in [0.05, 0.1) is 0 Å². The molecule has 1 aliphatic rings. The molecule has 1 heterocycles. The van der Waals surface area contributed by atoms with Gasteiger partial charge < -0.3 is 0 Å². The van der Waals surface area contributed by atoms with Crippen LogP contribution >= 0.6 is 0 Å². The Kier molecular flexibility index (Phi) is 1.84. The van der Waals surface area contributed by atoms with E-state index in [2.05, 4.69) is 9.47 Å². The Morgan fingerprint density at radius 1 is 1.25 bits per heavy atom. The van der Waals surface area contributed by atoms with Gasteiger partial charge in [-0.05, 0) is 0 Å². The third kappa shape index (κ3) is 1.51. The fraction of sp³-hybridized carbons (Fsp3) is 1.00. The number of halogens is 5. The van der Waals surface area contributed by atoms with Crippen molar-refractivity contribution in [2.75, 3.05) is 6.61 Å². The van der Waals surface area contributed by atoms with Crippen LogP contribution in [0.3, 0.4) is 0 Å². The Bertz CT molecular complexity index is 189. The molecule has 0 radical (unpaired) electrons. The third-order valence-electron chi connectivity index (χ3n) is 1.36. The number of hydrogen-bond donors (Lipinski definition) is 0. The average Bonchev–Trinajstić information content (AvgIpc) is 2.05. The lowest BCUT2D eigenvalue weighted by atomic mass is 10.2. The Hall–Kier alpha value is -0.430. The Labute approximate surface area is 64.2 Å². The van der Waals surface area contributed by atoms with Gasteiger partial charge in [-0.15, -0.1) is 8.78 Å². The van der Waals surface area contributed by atoms with E-state index < -0.39 is 24.7 Å². The summed E-state index contributed by atoms with van der Waals surface area (Å²) < 4.78 is 67.6. The van der Waals surface area contributed by atoms with Crippen molar-refractivity contribution in [1.29, 1.82) is 0 Å². The highest BCUT2D eigenvalue weighted by Crippen LogP contribution is 2.43. The van der Waals surface area contributed by atoms with Gasteiger partial charge in [-0.2, -0.15) is 0 Å². The maximum atomic E-state index is 12.7. The van der Waals surface area contributed by atoms with Gasteiger partial charge in [0, 0.05) is 6.92 Å². The molecule has 0 saturated carbocycles. The molecule has 0 amide bonds. The fourth-order valence-electron chi connectivity index (χ4n) is 0.640. The van der Waals surface area contributed by atoms with Crippen molar-refractivity contribution in [3.63, 3.8) is 0 Å².